The number of hydrogen-bond acceptors (Lipinski definition) is 3. The highest BCUT2D eigenvalue weighted by molar-refractivity contribution is 7.90. The third-order valence-corrected chi connectivity index (χ3v) is 2.16. The first-order valence-corrected chi connectivity index (χ1v) is 5.60. The molecule has 1 rings (SSSR count). The predicted octanol–water partition coefficient (Wildman–Crippen LogP) is 1.51. The van der Waals surface area contributed by atoms with Crippen molar-refractivity contribution in [2.45, 2.75) is 18.7 Å². The second kappa shape index (κ2) is 4.87. The first-order valence-electron chi connectivity index (χ1n) is 3.71. The molecule has 12 heavy (non-hydrogen) atoms. The van der Waals surface area contributed by atoms with Gasteiger partial charge < -0.3 is 0 Å². The van der Waals surface area contributed by atoms with E-state index in [0.29, 0.717) is 0 Å². The number of aromatic nitrogens is 1. The average molecular weight is 187 g/mol. The van der Waals surface area contributed by atoms with Crippen molar-refractivity contribution in [1.29, 1.82) is 0 Å². The molecule has 0 saturated carbocycles. The molecule has 1 aromatic heterocycles. The zero-order valence-corrected chi connectivity index (χ0v) is 8.30. The molecule has 3 nitrogen and oxygen atoms in total. The molecule has 1 aromatic rings. The highest BCUT2D eigenvalue weighted by Crippen LogP contribution is 2.03. The fourth-order valence-corrected chi connectivity index (χ4v) is 1.14. The molecule has 0 aliphatic rings. The van der Waals surface area contributed by atoms with Crippen molar-refractivity contribution in [2.24, 2.45) is 0 Å². The lowest BCUT2D eigenvalue weighted by Crippen LogP contribution is -1.96. The van der Waals surface area contributed by atoms with Crippen molar-refractivity contribution in [1.82, 2.24) is 4.98 Å². The first-order chi connectivity index (χ1) is 5.61. The Kier molecular flexibility index (Phi) is 4.51. The zero-order chi connectivity index (χ0) is 9.61. The number of rotatable bonds is 1. The van der Waals surface area contributed by atoms with E-state index in [4.69, 9.17) is 0 Å². The third-order valence-electron chi connectivity index (χ3n) is 1.06. The summed E-state index contributed by atoms with van der Waals surface area (Å²) in [6, 6.07) is 3.11. The van der Waals surface area contributed by atoms with Crippen LogP contribution in [0.2, 0.25) is 0 Å². The van der Waals surface area contributed by atoms with Gasteiger partial charge in [0.05, 0.1) is 4.90 Å². The summed E-state index contributed by atoms with van der Waals surface area (Å²) in [6.07, 6.45) is 4.02. The molecule has 0 saturated heterocycles. The summed E-state index contributed by atoms with van der Waals surface area (Å²) in [5.41, 5.74) is 0. The highest BCUT2D eigenvalue weighted by Gasteiger charge is 2.03. The Morgan fingerprint density at radius 1 is 1.33 bits per heavy atom. The fourth-order valence-electron chi connectivity index (χ4n) is 0.566. The van der Waals surface area contributed by atoms with Gasteiger partial charge in [0.15, 0.2) is 9.84 Å². The highest BCUT2D eigenvalue weighted by atomic mass is 32.2. The molecular weight excluding hydrogens is 174 g/mol. The standard InChI is InChI=1S/C6H7NO2S.C2H6/c1-10(8,9)6-3-2-4-7-5-6;1-2/h2-5H,1H3;1-2H3. The minimum atomic E-state index is -3.07. The van der Waals surface area contributed by atoms with Gasteiger partial charge in [-0.15, -0.1) is 0 Å². The largest absolute Gasteiger partial charge is 0.263 e. The molecule has 0 amide bonds. The summed E-state index contributed by atoms with van der Waals surface area (Å²) in [6.45, 7) is 4.00. The van der Waals surface area contributed by atoms with Gasteiger partial charge in [-0.1, -0.05) is 13.8 Å². The van der Waals surface area contributed by atoms with Crippen molar-refractivity contribution in [3.63, 3.8) is 0 Å². The van der Waals surface area contributed by atoms with E-state index in [1.807, 2.05) is 13.8 Å². The van der Waals surface area contributed by atoms with Crippen LogP contribution in [0.3, 0.4) is 0 Å². The smallest absolute Gasteiger partial charge is 0.177 e. The molecule has 0 aliphatic heterocycles. The Bertz CT molecular complexity index is 305. The van der Waals surface area contributed by atoms with Crippen molar-refractivity contribution in [3.05, 3.63) is 24.5 Å². The van der Waals surface area contributed by atoms with Gasteiger partial charge in [0, 0.05) is 18.6 Å². The Morgan fingerprint density at radius 2 is 1.92 bits per heavy atom. The van der Waals surface area contributed by atoms with Crippen LogP contribution in [-0.4, -0.2) is 19.7 Å². The van der Waals surface area contributed by atoms with E-state index in [1.54, 1.807) is 6.07 Å². The van der Waals surface area contributed by atoms with Gasteiger partial charge in [0.2, 0.25) is 0 Å². The first kappa shape index (κ1) is 11.1. The molecule has 0 bridgehead atoms. The monoisotopic (exact) mass is 187 g/mol. The lowest BCUT2D eigenvalue weighted by atomic mass is 10.5. The van der Waals surface area contributed by atoms with Crippen molar-refractivity contribution < 1.29 is 8.42 Å². The predicted molar refractivity (Wildman–Crippen MR) is 48.7 cm³/mol. The topological polar surface area (TPSA) is 47.0 Å². The molecule has 0 N–H and O–H groups in total. The van der Waals surface area contributed by atoms with E-state index in [9.17, 15) is 8.42 Å². The minimum absolute atomic E-state index is 0.259. The van der Waals surface area contributed by atoms with E-state index in [1.165, 1.54) is 18.5 Å². The summed E-state index contributed by atoms with van der Waals surface area (Å²) < 4.78 is 21.6. The van der Waals surface area contributed by atoms with Gasteiger partial charge in [-0.05, 0) is 12.1 Å². The molecule has 0 fully saturated rings. The molecule has 0 unspecified atom stereocenters. The maximum Gasteiger partial charge on any atom is 0.177 e. The summed E-state index contributed by atoms with van der Waals surface area (Å²) >= 11 is 0. The molecule has 0 radical (unpaired) electrons. The van der Waals surface area contributed by atoms with E-state index < -0.39 is 9.84 Å². The Labute approximate surface area is 73.4 Å². The van der Waals surface area contributed by atoms with Crippen LogP contribution in [-0.2, 0) is 9.84 Å². The summed E-state index contributed by atoms with van der Waals surface area (Å²) in [5, 5.41) is 0. The van der Waals surface area contributed by atoms with Gasteiger partial charge in [-0.25, -0.2) is 8.42 Å². The number of hydrogen-bond donors (Lipinski definition) is 0. The van der Waals surface area contributed by atoms with Gasteiger partial charge in [-0.2, -0.15) is 0 Å². The molecule has 0 atom stereocenters. The van der Waals surface area contributed by atoms with E-state index in [0.717, 1.165) is 6.26 Å². The maximum absolute atomic E-state index is 10.8. The third kappa shape index (κ3) is 3.48. The Balaban J connectivity index is 0.000000561. The summed E-state index contributed by atoms with van der Waals surface area (Å²) in [5.74, 6) is 0. The van der Waals surface area contributed by atoms with Gasteiger partial charge >= 0.3 is 0 Å². The van der Waals surface area contributed by atoms with Gasteiger partial charge in [0.25, 0.3) is 0 Å². The zero-order valence-electron chi connectivity index (χ0n) is 7.48. The molecule has 4 heteroatoms. The normalized spacial score (nSPS) is 9.92. The fraction of sp³-hybridized carbons (Fsp3) is 0.375. The Hall–Kier alpha value is -0.900. The van der Waals surface area contributed by atoms with Crippen LogP contribution in [0, 0.1) is 0 Å². The van der Waals surface area contributed by atoms with Crippen molar-refractivity contribution in [3.8, 4) is 0 Å². The van der Waals surface area contributed by atoms with E-state index in [2.05, 4.69) is 4.98 Å². The van der Waals surface area contributed by atoms with E-state index >= 15 is 0 Å². The lowest BCUT2D eigenvalue weighted by molar-refractivity contribution is 0.601. The molecule has 68 valence electrons. The van der Waals surface area contributed by atoms with Crippen LogP contribution in [0.5, 0.6) is 0 Å². The van der Waals surface area contributed by atoms with E-state index in [-0.39, 0.29) is 4.90 Å². The molecular formula is C8H13NO2S. The summed E-state index contributed by atoms with van der Waals surface area (Å²) in [4.78, 5) is 3.93. The van der Waals surface area contributed by atoms with Crippen LogP contribution >= 0.6 is 0 Å². The van der Waals surface area contributed by atoms with Crippen LogP contribution in [0.15, 0.2) is 29.4 Å². The molecule has 1 heterocycles. The van der Waals surface area contributed by atoms with Crippen LogP contribution in [0.1, 0.15) is 13.8 Å². The second-order valence-electron chi connectivity index (χ2n) is 1.96. The average Bonchev–Trinajstić information content (AvgIpc) is 2.08. The van der Waals surface area contributed by atoms with Gasteiger partial charge in [0.1, 0.15) is 0 Å². The number of nitrogens with zero attached hydrogens (tertiary/aromatic N) is 1. The maximum atomic E-state index is 10.8. The SMILES string of the molecule is CC.CS(=O)(=O)c1cccnc1. The number of pyridine rings is 1. The lowest BCUT2D eigenvalue weighted by Gasteiger charge is -1.92. The van der Waals surface area contributed by atoms with Crippen LogP contribution in [0.4, 0.5) is 0 Å². The van der Waals surface area contributed by atoms with Crippen LogP contribution < -0.4 is 0 Å². The minimum Gasteiger partial charge on any atom is -0.263 e. The van der Waals surface area contributed by atoms with Crippen molar-refractivity contribution >= 4 is 9.84 Å². The molecule has 0 aliphatic carbocycles. The molecule has 0 spiro atoms. The molecule has 0 aromatic carbocycles. The Morgan fingerprint density at radius 3 is 2.17 bits per heavy atom. The van der Waals surface area contributed by atoms with Gasteiger partial charge in [-0.3, -0.25) is 4.98 Å². The quantitative estimate of drug-likeness (QED) is 0.669. The van der Waals surface area contributed by atoms with Crippen LogP contribution in [0.25, 0.3) is 0 Å². The second-order valence-corrected chi connectivity index (χ2v) is 3.98. The summed E-state index contributed by atoms with van der Waals surface area (Å²) in [7, 11) is -3.07. The van der Waals surface area contributed by atoms with Crippen molar-refractivity contribution in [2.75, 3.05) is 6.26 Å². The number of sulfone groups is 1.